The maximum Gasteiger partial charge on any atom is 0.243 e. The molecule has 0 aliphatic carbocycles. The van der Waals surface area contributed by atoms with Gasteiger partial charge in [-0.25, -0.2) is 9.97 Å². The number of fused-ring (bicyclic) bond motifs is 3. The zero-order valence-corrected chi connectivity index (χ0v) is 14.4. The van der Waals surface area contributed by atoms with Gasteiger partial charge < -0.3 is 19.5 Å². The maximum atomic E-state index is 13.2. The normalized spacial score (nSPS) is 27.0. The van der Waals surface area contributed by atoms with Gasteiger partial charge in [0, 0.05) is 32.5 Å². The molecule has 26 heavy (non-hydrogen) atoms. The number of likely N-dealkylation sites (tertiary alicyclic amines) is 1. The molecule has 3 aliphatic rings. The SMILES string of the molecule is N#CC1(C(=O)N2CC3CC2CN3c2ncnc3[nH]ccc23)CCOCC1. The van der Waals surface area contributed by atoms with Gasteiger partial charge in [0.2, 0.25) is 5.91 Å². The summed E-state index contributed by atoms with van der Waals surface area (Å²) in [7, 11) is 0. The number of aromatic nitrogens is 3. The number of nitrogens with one attached hydrogen (secondary N) is 1. The van der Waals surface area contributed by atoms with Crippen LogP contribution in [0.4, 0.5) is 5.82 Å². The van der Waals surface area contributed by atoms with E-state index in [-0.39, 0.29) is 18.0 Å². The molecule has 0 saturated carbocycles. The van der Waals surface area contributed by atoms with Crippen LogP contribution in [-0.2, 0) is 9.53 Å². The smallest absolute Gasteiger partial charge is 0.243 e. The lowest BCUT2D eigenvalue weighted by atomic mass is 9.80. The number of hydrogen-bond donors (Lipinski definition) is 1. The molecular weight excluding hydrogens is 332 g/mol. The Kier molecular flexibility index (Phi) is 3.40. The molecule has 2 aromatic heterocycles. The van der Waals surface area contributed by atoms with Crippen LogP contribution in [0.15, 0.2) is 18.6 Å². The fraction of sp³-hybridized carbons (Fsp3) is 0.556. The molecule has 1 amide bonds. The van der Waals surface area contributed by atoms with E-state index in [1.807, 2.05) is 17.2 Å². The summed E-state index contributed by atoms with van der Waals surface area (Å²) in [6, 6.07) is 4.69. The lowest BCUT2D eigenvalue weighted by molar-refractivity contribution is -0.144. The highest BCUT2D eigenvalue weighted by molar-refractivity contribution is 5.89. The largest absolute Gasteiger partial charge is 0.381 e. The first kappa shape index (κ1) is 15.6. The van der Waals surface area contributed by atoms with E-state index in [0.717, 1.165) is 29.8 Å². The van der Waals surface area contributed by atoms with Crippen molar-refractivity contribution >= 4 is 22.8 Å². The van der Waals surface area contributed by atoms with E-state index in [1.54, 1.807) is 6.33 Å². The lowest BCUT2D eigenvalue weighted by Gasteiger charge is -2.39. The highest BCUT2D eigenvalue weighted by atomic mass is 16.5. The van der Waals surface area contributed by atoms with Crippen molar-refractivity contribution in [3.05, 3.63) is 18.6 Å². The van der Waals surface area contributed by atoms with Crippen molar-refractivity contribution in [3.8, 4) is 6.07 Å². The molecule has 2 atom stereocenters. The predicted molar refractivity (Wildman–Crippen MR) is 93.2 cm³/mol. The Morgan fingerprint density at radius 2 is 2.15 bits per heavy atom. The van der Waals surface area contributed by atoms with Crippen LogP contribution >= 0.6 is 0 Å². The minimum atomic E-state index is -0.906. The molecule has 2 unspecified atom stereocenters. The van der Waals surface area contributed by atoms with Crippen molar-refractivity contribution in [2.45, 2.75) is 31.3 Å². The number of carbonyl (C=O) groups is 1. The molecule has 134 valence electrons. The molecule has 3 saturated heterocycles. The summed E-state index contributed by atoms with van der Waals surface area (Å²) in [6.07, 6.45) is 5.37. The average Bonchev–Trinajstić information content (AvgIpc) is 3.42. The monoisotopic (exact) mass is 352 g/mol. The second kappa shape index (κ2) is 5.68. The third-order valence-electron chi connectivity index (χ3n) is 6.08. The van der Waals surface area contributed by atoms with Crippen LogP contribution in [0.5, 0.6) is 0 Å². The first-order chi connectivity index (χ1) is 12.7. The number of ether oxygens (including phenoxy) is 1. The molecule has 2 bridgehead atoms. The van der Waals surface area contributed by atoms with E-state index in [2.05, 4.69) is 25.9 Å². The van der Waals surface area contributed by atoms with Gasteiger partial charge in [-0.15, -0.1) is 0 Å². The van der Waals surface area contributed by atoms with Crippen LogP contribution in [0.3, 0.4) is 0 Å². The standard InChI is InChI=1S/C18H20N6O2/c19-10-18(2-5-26-6-3-18)17(25)24-9-12-7-13(24)8-23(12)16-14-1-4-20-15(14)21-11-22-16/h1,4,11-13H,2-3,5-9H2,(H,20,21,22). The van der Waals surface area contributed by atoms with Gasteiger partial charge in [-0.1, -0.05) is 0 Å². The van der Waals surface area contributed by atoms with Crippen molar-refractivity contribution in [3.63, 3.8) is 0 Å². The minimum absolute atomic E-state index is 0.00933. The summed E-state index contributed by atoms with van der Waals surface area (Å²) in [5.41, 5.74) is -0.0764. The topological polar surface area (TPSA) is 98.1 Å². The van der Waals surface area contributed by atoms with Crippen LogP contribution in [-0.4, -0.2) is 64.1 Å². The Morgan fingerprint density at radius 1 is 1.31 bits per heavy atom. The Labute approximate surface area is 150 Å². The summed E-state index contributed by atoms with van der Waals surface area (Å²) in [6.45, 7) is 2.38. The number of carbonyl (C=O) groups excluding carboxylic acids is 1. The van der Waals surface area contributed by atoms with Gasteiger partial charge in [0.05, 0.1) is 23.5 Å². The Hall–Kier alpha value is -2.66. The number of nitriles is 1. The van der Waals surface area contributed by atoms with Gasteiger partial charge in [0.15, 0.2) is 0 Å². The molecule has 0 spiro atoms. The van der Waals surface area contributed by atoms with E-state index >= 15 is 0 Å². The molecule has 1 N–H and O–H groups in total. The summed E-state index contributed by atoms with van der Waals surface area (Å²) in [5, 5.41) is 10.7. The van der Waals surface area contributed by atoms with Crippen molar-refractivity contribution in [1.29, 1.82) is 5.26 Å². The number of rotatable bonds is 2. The minimum Gasteiger partial charge on any atom is -0.381 e. The third kappa shape index (κ3) is 2.13. The lowest BCUT2D eigenvalue weighted by Crippen LogP contribution is -2.54. The zero-order valence-electron chi connectivity index (χ0n) is 14.4. The number of hydrogen-bond acceptors (Lipinski definition) is 6. The molecule has 0 radical (unpaired) electrons. The second-order valence-corrected chi connectivity index (χ2v) is 7.40. The van der Waals surface area contributed by atoms with Crippen molar-refractivity contribution in [2.75, 3.05) is 31.2 Å². The summed E-state index contributed by atoms with van der Waals surface area (Å²) in [5.74, 6) is 0.918. The molecule has 3 fully saturated rings. The van der Waals surface area contributed by atoms with Crippen molar-refractivity contribution in [2.24, 2.45) is 5.41 Å². The number of aromatic amines is 1. The van der Waals surface area contributed by atoms with Crippen LogP contribution < -0.4 is 4.90 Å². The molecule has 5 rings (SSSR count). The first-order valence-electron chi connectivity index (χ1n) is 9.07. The van der Waals surface area contributed by atoms with E-state index in [9.17, 15) is 10.1 Å². The molecule has 8 nitrogen and oxygen atoms in total. The van der Waals surface area contributed by atoms with Crippen LogP contribution in [0, 0.1) is 16.7 Å². The third-order valence-corrected chi connectivity index (χ3v) is 6.08. The van der Waals surface area contributed by atoms with Crippen molar-refractivity contribution < 1.29 is 9.53 Å². The summed E-state index contributed by atoms with van der Waals surface area (Å²) >= 11 is 0. The molecule has 3 aliphatic heterocycles. The quantitative estimate of drug-likeness (QED) is 0.868. The highest BCUT2D eigenvalue weighted by Gasteiger charge is 2.52. The Bertz CT molecular complexity index is 896. The van der Waals surface area contributed by atoms with Crippen LogP contribution in [0.1, 0.15) is 19.3 Å². The van der Waals surface area contributed by atoms with Crippen molar-refractivity contribution in [1.82, 2.24) is 19.9 Å². The molecule has 0 aromatic carbocycles. The average molecular weight is 352 g/mol. The summed E-state index contributed by atoms with van der Waals surface area (Å²) < 4.78 is 5.36. The van der Waals surface area contributed by atoms with Gasteiger partial charge in [-0.3, -0.25) is 4.79 Å². The number of piperazine rings is 1. The maximum absolute atomic E-state index is 13.2. The molecule has 2 aromatic rings. The highest BCUT2D eigenvalue weighted by Crippen LogP contribution is 2.40. The van der Waals surface area contributed by atoms with Gasteiger partial charge in [-0.2, -0.15) is 5.26 Å². The van der Waals surface area contributed by atoms with Gasteiger partial charge in [-0.05, 0) is 25.3 Å². The molecule has 8 heteroatoms. The molecule has 5 heterocycles. The number of amides is 1. The second-order valence-electron chi connectivity index (χ2n) is 7.40. The van der Waals surface area contributed by atoms with E-state index in [4.69, 9.17) is 4.74 Å². The fourth-order valence-electron chi connectivity index (χ4n) is 4.63. The van der Waals surface area contributed by atoms with E-state index in [0.29, 0.717) is 32.6 Å². The molecular formula is C18H20N6O2. The number of anilines is 1. The fourth-order valence-corrected chi connectivity index (χ4v) is 4.63. The zero-order chi connectivity index (χ0) is 17.7. The number of H-pyrrole nitrogens is 1. The van der Waals surface area contributed by atoms with Gasteiger partial charge in [0.25, 0.3) is 0 Å². The van der Waals surface area contributed by atoms with Gasteiger partial charge >= 0.3 is 0 Å². The van der Waals surface area contributed by atoms with Gasteiger partial charge in [0.1, 0.15) is 23.2 Å². The first-order valence-corrected chi connectivity index (χ1v) is 9.07. The van der Waals surface area contributed by atoms with E-state index in [1.165, 1.54) is 0 Å². The predicted octanol–water partition coefficient (Wildman–Crippen LogP) is 1.07. The van der Waals surface area contributed by atoms with Crippen LogP contribution in [0.25, 0.3) is 11.0 Å². The summed E-state index contributed by atoms with van der Waals surface area (Å²) in [4.78, 5) is 29.2. The Balaban J connectivity index is 1.38. The Morgan fingerprint density at radius 3 is 2.88 bits per heavy atom. The van der Waals surface area contributed by atoms with Crippen LogP contribution in [0.2, 0.25) is 0 Å². The van der Waals surface area contributed by atoms with E-state index < -0.39 is 5.41 Å². The number of nitrogens with zero attached hydrogens (tertiary/aromatic N) is 5.